The van der Waals surface area contributed by atoms with Gasteiger partial charge in [0.25, 0.3) is 5.91 Å². The van der Waals surface area contributed by atoms with E-state index >= 15 is 0 Å². The van der Waals surface area contributed by atoms with Gasteiger partial charge in [0.05, 0.1) is 18.5 Å². The third-order valence-electron chi connectivity index (χ3n) is 4.25. The SMILES string of the molecule is COc1cc(C(=O)N2CCCC(=O)c3cc(C)ccc32)ccc1N. The number of fused-ring (bicyclic) bond motifs is 1. The summed E-state index contributed by atoms with van der Waals surface area (Å²) < 4.78 is 5.20. The first-order valence-corrected chi connectivity index (χ1v) is 7.90. The molecule has 2 aromatic carbocycles. The average molecular weight is 324 g/mol. The van der Waals surface area contributed by atoms with E-state index in [9.17, 15) is 9.59 Å². The summed E-state index contributed by atoms with van der Waals surface area (Å²) in [6.07, 6.45) is 1.09. The largest absolute Gasteiger partial charge is 0.495 e. The molecule has 1 aliphatic rings. The summed E-state index contributed by atoms with van der Waals surface area (Å²) >= 11 is 0. The van der Waals surface area contributed by atoms with Crippen molar-refractivity contribution >= 4 is 23.1 Å². The summed E-state index contributed by atoms with van der Waals surface area (Å²) in [6.45, 7) is 2.45. The molecule has 5 heteroatoms. The third kappa shape index (κ3) is 2.85. The molecule has 1 amide bonds. The second-order valence-electron chi connectivity index (χ2n) is 5.96. The van der Waals surface area contributed by atoms with E-state index in [-0.39, 0.29) is 11.7 Å². The summed E-state index contributed by atoms with van der Waals surface area (Å²) in [5, 5.41) is 0. The number of anilines is 2. The van der Waals surface area contributed by atoms with Crippen molar-refractivity contribution in [3.05, 3.63) is 53.1 Å². The minimum absolute atomic E-state index is 0.0823. The maximum absolute atomic E-state index is 13.0. The van der Waals surface area contributed by atoms with Gasteiger partial charge in [0.1, 0.15) is 5.75 Å². The zero-order chi connectivity index (χ0) is 17.3. The Morgan fingerprint density at radius 2 is 2.00 bits per heavy atom. The van der Waals surface area contributed by atoms with E-state index in [0.717, 1.165) is 5.56 Å². The van der Waals surface area contributed by atoms with Crippen LogP contribution in [0.3, 0.4) is 0 Å². The van der Waals surface area contributed by atoms with Crippen LogP contribution in [0.25, 0.3) is 0 Å². The van der Waals surface area contributed by atoms with Gasteiger partial charge in [-0.2, -0.15) is 0 Å². The van der Waals surface area contributed by atoms with E-state index in [0.29, 0.717) is 47.6 Å². The molecule has 1 heterocycles. The number of hydrogen-bond donors (Lipinski definition) is 1. The molecular formula is C19H20N2O3. The molecule has 0 unspecified atom stereocenters. The van der Waals surface area contributed by atoms with E-state index < -0.39 is 0 Å². The van der Waals surface area contributed by atoms with E-state index in [4.69, 9.17) is 10.5 Å². The molecule has 124 valence electrons. The van der Waals surface area contributed by atoms with Crippen molar-refractivity contribution in [3.8, 4) is 5.75 Å². The molecular weight excluding hydrogens is 304 g/mol. The highest BCUT2D eigenvalue weighted by Crippen LogP contribution is 2.30. The van der Waals surface area contributed by atoms with E-state index in [1.165, 1.54) is 7.11 Å². The number of nitrogens with zero attached hydrogens (tertiary/aromatic N) is 1. The van der Waals surface area contributed by atoms with Gasteiger partial charge in [-0.1, -0.05) is 11.6 Å². The maximum Gasteiger partial charge on any atom is 0.258 e. The van der Waals surface area contributed by atoms with Gasteiger partial charge in [-0.3, -0.25) is 9.59 Å². The Bertz CT molecular complexity index is 814. The minimum atomic E-state index is -0.159. The average Bonchev–Trinajstić information content (AvgIpc) is 2.74. The quantitative estimate of drug-likeness (QED) is 0.861. The fraction of sp³-hybridized carbons (Fsp3) is 0.263. The number of benzene rings is 2. The lowest BCUT2D eigenvalue weighted by atomic mass is 10.0. The van der Waals surface area contributed by atoms with Crippen LogP contribution in [0.15, 0.2) is 36.4 Å². The summed E-state index contributed by atoms with van der Waals surface area (Å²) in [5.41, 5.74) is 9.08. The number of carbonyl (C=O) groups is 2. The Morgan fingerprint density at radius 1 is 1.21 bits per heavy atom. The van der Waals surface area contributed by atoms with Gasteiger partial charge in [-0.15, -0.1) is 0 Å². The molecule has 2 aromatic rings. The van der Waals surface area contributed by atoms with E-state index in [1.807, 2.05) is 25.1 Å². The predicted octanol–water partition coefficient (Wildman–Crippen LogP) is 3.21. The van der Waals surface area contributed by atoms with Crippen molar-refractivity contribution in [1.82, 2.24) is 0 Å². The van der Waals surface area contributed by atoms with Crippen LogP contribution in [0.4, 0.5) is 11.4 Å². The van der Waals surface area contributed by atoms with Crippen LogP contribution in [0, 0.1) is 6.92 Å². The number of amides is 1. The first-order valence-electron chi connectivity index (χ1n) is 7.90. The van der Waals surface area contributed by atoms with Crippen LogP contribution in [0.1, 0.15) is 39.1 Å². The van der Waals surface area contributed by atoms with Gasteiger partial charge in [0.2, 0.25) is 0 Å². The number of nitrogen functional groups attached to an aromatic ring is 1. The lowest BCUT2D eigenvalue weighted by Gasteiger charge is -2.23. The van der Waals surface area contributed by atoms with Crippen LogP contribution < -0.4 is 15.4 Å². The molecule has 0 aromatic heterocycles. The van der Waals surface area contributed by atoms with Crippen molar-refractivity contribution in [2.45, 2.75) is 19.8 Å². The third-order valence-corrected chi connectivity index (χ3v) is 4.25. The lowest BCUT2D eigenvalue weighted by molar-refractivity contribution is 0.0973. The standard InChI is InChI=1S/C19H20N2O3/c1-12-5-8-16-14(10-12)17(22)4-3-9-21(16)19(23)13-6-7-15(20)18(11-13)24-2/h5-8,10-11H,3-4,9,20H2,1-2H3. The Labute approximate surface area is 141 Å². The van der Waals surface area contributed by atoms with Gasteiger partial charge in [0, 0.05) is 24.1 Å². The first-order chi connectivity index (χ1) is 11.5. The van der Waals surface area contributed by atoms with Crippen LogP contribution in [-0.4, -0.2) is 25.3 Å². The summed E-state index contributed by atoms with van der Waals surface area (Å²) in [5.74, 6) is 0.392. The van der Waals surface area contributed by atoms with Gasteiger partial charge in [-0.25, -0.2) is 0 Å². The Kier molecular flexibility index (Phi) is 4.25. The molecule has 0 atom stereocenters. The van der Waals surface area contributed by atoms with Crippen molar-refractivity contribution in [3.63, 3.8) is 0 Å². The Balaban J connectivity index is 2.04. The number of aryl methyl sites for hydroxylation is 1. The molecule has 0 fully saturated rings. The van der Waals surface area contributed by atoms with Crippen LogP contribution >= 0.6 is 0 Å². The molecule has 0 spiro atoms. The van der Waals surface area contributed by atoms with E-state index in [1.54, 1.807) is 23.1 Å². The number of Topliss-reactive ketones (excluding diaryl/α,β-unsaturated/α-hetero) is 1. The smallest absolute Gasteiger partial charge is 0.258 e. The highest BCUT2D eigenvalue weighted by atomic mass is 16.5. The van der Waals surface area contributed by atoms with Crippen LogP contribution in [0.2, 0.25) is 0 Å². The fourth-order valence-electron chi connectivity index (χ4n) is 2.97. The zero-order valence-corrected chi connectivity index (χ0v) is 13.8. The molecule has 0 saturated heterocycles. The topological polar surface area (TPSA) is 72.6 Å². The second-order valence-corrected chi connectivity index (χ2v) is 5.96. The number of nitrogens with two attached hydrogens (primary N) is 1. The summed E-state index contributed by atoms with van der Waals surface area (Å²) in [7, 11) is 1.52. The number of ether oxygens (including phenoxy) is 1. The number of methoxy groups -OCH3 is 1. The molecule has 0 radical (unpaired) electrons. The summed E-state index contributed by atoms with van der Waals surface area (Å²) in [4.78, 5) is 27.0. The number of rotatable bonds is 2. The zero-order valence-electron chi connectivity index (χ0n) is 13.8. The second kappa shape index (κ2) is 6.35. The molecule has 5 nitrogen and oxygen atoms in total. The minimum Gasteiger partial charge on any atom is -0.495 e. The van der Waals surface area contributed by atoms with Crippen molar-refractivity contribution < 1.29 is 14.3 Å². The Hall–Kier alpha value is -2.82. The Morgan fingerprint density at radius 3 is 2.75 bits per heavy atom. The van der Waals surface area contributed by atoms with Crippen molar-refractivity contribution in [2.75, 3.05) is 24.3 Å². The molecule has 24 heavy (non-hydrogen) atoms. The highest BCUT2D eigenvalue weighted by Gasteiger charge is 2.26. The van der Waals surface area contributed by atoms with E-state index in [2.05, 4.69) is 0 Å². The van der Waals surface area contributed by atoms with Gasteiger partial charge >= 0.3 is 0 Å². The van der Waals surface area contributed by atoms with Crippen molar-refractivity contribution in [1.29, 1.82) is 0 Å². The first kappa shape index (κ1) is 16.1. The van der Waals surface area contributed by atoms with Gasteiger partial charge in [-0.05, 0) is 43.7 Å². The molecule has 3 rings (SSSR count). The lowest BCUT2D eigenvalue weighted by Crippen LogP contribution is -2.31. The van der Waals surface area contributed by atoms with Gasteiger partial charge in [0.15, 0.2) is 5.78 Å². The highest BCUT2D eigenvalue weighted by molar-refractivity contribution is 6.12. The molecule has 2 N–H and O–H groups in total. The van der Waals surface area contributed by atoms with Crippen LogP contribution in [-0.2, 0) is 0 Å². The predicted molar refractivity (Wildman–Crippen MR) is 93.8 cm³/mol. The maximum atomic E-state index is 13.0. The fourth-order valence-corrected chi connectivity index (χ4v) is 2.97. The monoisotopic (exact) mass is 324 g/mol. The molecule has 1 aliphatic heterocycles. The molecule has 0 aliphatic carbocycles. The van der Waals surface area contributed by atoms with Gasteiger partial charge < -0.3 is 15.4 Å². The molecule has 0 saturated carbocycles. The summed E-state index contributed by atoms with van der Waals surface area (Å²) in [6, 6.07) is 10.6. The molecule has 0 bridgehead atoms. The number of ketones is 1. The number of carbonyl (C=O) groups excluding carboxylic acids is 2. The number of hydrogen-bond acceptors (Lipinski definition) is 4. The van der Waals surface area contributed by atoms with Crippen LogP contribution in [0.5, 0.6) is 5.75 Å². The normalized spacial score (nSPS) is 14.1. The van der Waals surface area contributed by atoms with Crippen molar-refractivity contribution in [2.24, 2.45) is 0 Å².